The van der Waals surface area contributed by atoms with Crippen LogP contribution in [0.4, 0.5) is 0 Å². The molecular formula is C7H15N2O+. The first-order valence-electron chi connectivity index (χ1n) is 3.59. The van der Waals surface area contributed by atoms with E-state index in [1.165, 1.54) is 0 Å². The summed E-state index contributed by atoms with van der Waals surface area (Å²) in [5, 5.41) is 0. The Morgan fingerprint density at radius 3 is 2.70 bits per heavy atom. The van der Waals surface area contributed by atoms with E-state index in [9.17, 15) is 4.79 Å². The average Bonchev–Trinajstić information content (AvgIpc) is 1.78. The van der Waals surface area contributed by atoms with Gasteiger partial charge in [-0.1, -0.05) is 0 Å². The molecular weight excluding hydrogens is 128 g/mol. The van der Waals surface area contributed by atoms with Gasteiger partial charge in [-0.2, -0.15) is 0 Å². The van der Waals surface area contributed by atoms with Gasteiger partial charge < -0.3 is 5.73 Å². The first kappa shape index (κ1) is 7.69. The summed E-state index contributed by atoms with van der Waals surface area (Å²) in [5.74, 6) is 0.297. The Hall–Kier alpha value is -0.410. The van der Waals surface area contributed by atoms with Gasteiger partial charge in [0, 0.05) is 13.0 Å². The number of rotatable bonds is 0. The largest absolute Gasteiger partial charge is 0.346 e. The molecule has 3 heteroatoms. The molecule has 0 bridgehead atoms. The van der Waals surface area contributed by atoms with Crippen LogP contribution in [0, 0.1) is 0 Å². The minimum Gasteiger partial charge on any atom is -0.346 e. The molecule has 1 fully saturated rings. The molecule has 0 saturated carbocycles. The molecule has 1 heterocycles. The van der Waals surface area contributed by atoms with Crippen molar-refractivity contribution < 1.29 is 10.5 Å². The number of hydrogen-bond acceptors (Lipinski definition) is 2. The van der Waals surface area contributed by atoms with Gasteiger partial charge in [0.2, 0.25) is 0 Å². The van der Waals surface area contributed by atoms with Crippen LogP contribution < -0.4 is 5.73 Å². The summed E-state index contributed by atoms with van der Waals surface area (Å²) >= 11 is 0. The lowest BCUT2D eigenvalue weighted by Crippen LogP contribution is -2.80. The van der Waals surface area contributed by atoms with Crippen LogP contribution in [0.15, 0.2) is 0 Å². The Kier molecular flexibility index (Phi) is 1.79. The summed E-state index contributed by atoms with van der Waals surface area (Å²) in [4.78, 5) is 13.3. The van der Waals surface area contributed by atoms with Gasteiger partial charge in [-0.25, -0.2) is 0 Å². The van der Waals surface area contributed by atoms with Gasteiger partial charge in [-0.15, -0.1) is 0 Å². The van der Waals surface area contributed by atoms with Crippen LogP contribution >= 0.6 is 0 Å². The summed E-state index contributed by atoms with van der Waals surface area (Å²) in [6, 6.07) is 0. The molecule has 0 aliphatic carbocycles. The monoisotopic (exact) mass is 143 g/mol. The lowest BCUT2D eigenvalue weighted by Gasteiger charge is -2.30. The van der Waals surface area contributed by atoms with Gasteiger partial charge in [0.15, 0.2) is 11.3 Å². The van der Waals surface area contributed by atoms with Crippen molar-refractivity contribution in [3.8, 4) is 0 Å². The molecule has 0 spiro atoms. The second-order valence-corrected chi connectivity index (χ2v) is 3.47. The van der Waals surface area contributed by atoms with Crippen LogP contribution in [-0.4, -0.2) is 36.4 Å². The van der Waals surface area contributed by atoms with Crippen LogP contribution in [0.3, 0.4) is 0 Å². The van der Waals surface area contributed by atoms with Crippen molar-refractivity contribution in [3.63, 3.8) is 0 Å². The van der Waals surface area contributed by atoms with E-state index < -0.39 is 0 Å². The molecule has 3 N–H and O–H groups in total. The Morgan fingerprint density at radius 2 is 2.30 bits per heavy atom. The Bertz CT molecular complexity index is 154. The minimum absolute atomic E-state index is 0.297. The van der Waals surface area contributed by atoms with E-state index in [1.807, 2.05) is 14.0 Å². The van der Waals surface area contributed by atoms with Crippen molar-refractivity contribution in [2.75, 3.05) is 20.1 Å². The van der Waals surface area contributed by atoms with Crippen LogP contribution in [0.1, 0.15) is 13.3 Å². The Morgan fingerprint density at radius 1 is 1.70 bits per heavy atom. The number of likely N-dealkylation sites (N-methyl/N-ethyl adjacent to an activating group) is 1. The van der Waals surface area contributed by atoms with E-state index in [0.717, 1.165) is 13.1 Å². The number of ketones is 1. The summed E-state index contributed by atoms with van der Waals surface area (Å²) < 4.78 is 0. The van der Waals surface area contributed by atoms with Gasteiger partial charge in [-0.3, -0.25) is 9.69 Å². The molecule has 1 unspecified atom stereocenters. The average molecular weight is 143 g/mol. The van der Waals surface area contributed by atoms with Crippen molar-refractivity contribution in [1.29, 1.82) is 0 Å². The molecule has 10 heavy (non-hydrogen) atoms. The normalized spacial score (nSPS) is 36.5. The van der Waals surface area contributed by atoms with Crippen LogP contribution in [0.25, 0.3) is 0 Å². The fourth-order valence-corrected chi connectivity index (χ4v) is 1.36. The molecule has 1 aliphatic heterocycles. The number of carbonyl (C=O) groups is 1. The molecule has 0 aromatic heterocycles. The van der Waals surface area contributed by atoms with E-state index in [2.05, 4.69) is 10.6 Å². The number of Topliss-reactive ketones (excluding diaryl/α,β-unsaturated/α-hetero) is 1. The van der Waals surface area contributed by atoms with Crippen molar-refractivity contribution in [3.05, 3.63) is 0 Å². The quantitative estimate of drug-likeness (QED) is 0.467. The first-order chi connectivity index (χ1) is 4.52. The van der Waals surface area contributed by atoms with Crippen molar-refractivity contribution in [2.45, 2.75) is 18.9 Å². The number of hydrogen-bond donors (Lipinski definition) is 1. The topological polar surface area (TPSA) is 48.0 Å². The highest BCUT2D eigenvalue weighted by atomic mass is 16.1. The fraction of sp³-hybridized carbons (Fsp3) is 0.857. The van der Waals surface area contributed by atoms with Gasteiger partial charge in [0.1, 0.15) is 0 Å². The van der Waals surface area contributed by atoms with Crippen LogP contribution in [-0.2, 0) is 4.79 Å². The standard InChI is InChI=1S/C7H14N2O/c1-7(8)5-9(2)4-3-6(7)10/h3-5,8H2,1-2H3/p+1. The summed E-state index contributed by atoms with van der Waals surface area (Å²) in [6.45, 7) is 3.60. The molecule has 1 atom stereocenters. The molecule has 1 aliphatic rings. The van der Waals surface area contributed by atoms with E-state index in [1.54, 1.807) is 0 Å². The number of likely N-dealkylation sites (tertiary alicyclic amines) is 1. The maximum atomic E-state index is 11.2. The van der Waals surface area contributed by atoms with Gasteiger partial charge in [0.25, 0.3) is 0 Å². The molecule has 0 radical (unpaired) electrons. The molecule has 58 valence electrons. The number of nitrogens with zero attached hydrogens (tertiary/aromatic N) is 1. The number of piperidine rings is 1. The lowest BCUT2D eigenvalue weighted by molar-refractivity contribution is -0.455. The van der Waals surface area contributed by atoms with Gasteiger partial charge in [0.05, 0.1) is 6.54 Å². The first-order valence-corrected chi connectivity index (χ1v) is 3.59. The molecule has 3 nitrogen and oxygen atoms in total. The van der Waals surface area contributed by atoms with Gasteiger partial charge >= 0.3 is 0 Å². The van der Waals surface area contributed by atoms with Crippen molar-refractivity contribution in [2.24, 2.45) is 0 Å². The second kappa shape index (κ2) is 2.32. The molecule has 1 saturated heterocycles. The van der Waals surface area contributed by atoms with E-state index >= 15 is 0 Å². The van der Waals surface area contributed by atoms with Crippen molar-refractivity contribution >= 4 is 5.78 Å². The maximum absolute atomic E-state index is 11.2. The third-order valence-corrected chi connectivity index (χ3v) is 2.01. The molecule has 0 aromatic carbocycles. The third-order valence-electron chi connectivity index (χ3n) is 2.01. The highest BCUT2D eigenvalue weighted by Crippen LogP contribution is 2.10. The summed E-state index contributed by atoms with van der Waals surface area (Å²) in [5.41, 5.74) is 3.52. The highest BCUT2D eigenvalue weighted by molar-refractivity contribution is 5.87. The number of quaternary nitrogens is 1. The van der Waals surface area contributed by atoms with Crippen LogP contribution in [0.5, 0.6) is 0 Å². The maximum Gasteiger partial charge on any atom is 0.195 e. The third kappa shape index (κ3) is 1.36. The minimum atomic E-state index is -0.354. The predicted molar refractivity (Wildman–Crippen MR) is 38.4 cm³/mol. The zero-order valence-electron chi connectivity index (χ0n) is 6.68. The van der Waals surface area contributed by atoms with Crippen LogP contribution in [0.2, 0.25) is 0 Å². The lowest BCUT2D eigenvalue weighted by atomic mass is 9.91. The van der Waals surface area contributed by atoms with Gasteiger partial charge in [-0.05, 0) is 14.0 Å². The smallest absolute Gasteiger partial charge is 0.195 e. The fourth-order valence-electron chi connectivity index (χ4n) is 1.36. The zero-order valence-corrected chi connectivity index (χ0v) is 6.68. The molecule has 0 aromatic rings. The second-order valence-electron chi connectivity index (χ2n) is 3.47. The van der Waals surface area contributed by atoms with E-state index in [4.69, 9.17) is 0 Å². The highest BCUT2D eigenvalue weighted by Gasteiger charge is 2.36. The predicted octanol–water partition coefficient (Wildman–Crippen LogP) is -1.11. The molecule has 0 amide bonds. The zero-order chi connectivity index (χ0) is 7.78. The van der Waals surface area contributed by atoms with Crippen molar-refractivity contribution in [1.82, 2.24) is 4.90 Å². The van der Waals surface area contributed by atoms with E-state index in [0.29, 0.717) is 12.2 Å². The SMILES string of the molecule is CN1CCC(=O)C(C)([NH3+])C1. The summed E-state index contributed by atoms with van der Waals surface area (Å²) in [7, 11) is 2.02. The molecule has 1 rings (SSSR count). The van der Waals surface area contributed by atoms with E-state index in [-0.39, 0.29) is 5.54 Å². The Labute approximate surface area is 61.2 Å². The summed E-state index contributed by atoms with van der Waals surface area (Å²) in [6.07, 6.45) is 0.663. The Balaban J connectivity index is 2.63. The number of carbonyl (C=O) groups excluding carboxylic acids is 1.